The molecule has 0 aliphatic carbocycles. The second-order valence-corrected chi connectivity index (χ2v) is 6.04. The van der Waals surface area contributed by atoms with E-state index in [9.17, 15) is 9.18 Å². The molecule has 1 fully saturated rings. The molecule has 1 aromatic carbocycles. The normalized spacial score (nSPS) is 17.1. The van der Waals surface area contributed by atoms with Crippen LogP contribution >= 0.6 is 15.9 Å². The summed E-state index contributed by atoms with van der Waals surface area (Å²) in [5.41, 5.74) is 0.102. The zero-order valence-electron chi connectivity index (χ0n) is 11.7. The molecule has 20 heavy (non-hydrogen) atoms. The molecule has 0 spiro atoms. The largest absolute Gasteiger partial charge is 0.352 e. The van der Waals surface area contributed by atoms with Crippen LogP contribution in [0.4, 0.5) is 4.39 Å². The van der Waals surface area contributed by atoms with E-state index in [1.165, 1.54) is 6.07 Å². The summed E-state index contributed by atoms with van der Waals surface area (Å²) in [6.07, 6.45) is 2.18. The van der Waals surface area contributed by atoms with Gasteiger partial charge in [0.25, 0.3) is 5.91 Å². The second kappa shape index (κ2) is 7.18. The molecule has 1 N–H and O–H groups in total. The van der Waals surface area contributed by atoms with E-state index >= 15 is 0 Å². The number of benzene rings is 1. The third-order valence-electron chi connectivity index (χ3n) is 3.90. The average Bonchev–Trinajstić information content (AvgIpc) is 2.48. The molecule has 0 radical (unpaired) electrons. The molecule has 110 valence electrons. The maximum atomic E-state index is 13.8. The number of likely N-dealkylation sites (tertiary alicyclic amines) is 1. The Morgan fingerprint density at radius 1 is 1.45 bits per heavy atom. The SMILES string of the molecule is CCN1CCC(CNC(=O)c2cccc(Br)c2F)CC1. The first-order valence-electron chi connectivity index (χ1n) is 7.06. The average molecular weight is 343 g/mol. The van der Waals surface area contributed by atoms with Crippen LogP contribution in [0.5, 0.6) is 0 Å². The summed E-state index contributed by atoms with van der Waals surface area (Å²) >= 11 is 3.10. The predicted octanol–water partition coefficient (Wildman–Crippen LogP) is 3.05. The maximum absolute atomic E-state index is 13.8. The highest BCUT2D eigenvalue weighted by atomic mass is 79.9. The summed E-state index contributed by atoms with van der Waals surface area (Å²) in [7, 11) is 0. The van der Waals surface area contributed by atoms with E-state index in [-0.39, 0.29) is 11.5 Å². The summed E-state index contributed by atoms with van der Waals surface area (Å²) in [6.45, 7) is 6.05. The van der Waals surface area contributed by atoms with E-state index in [0.717, 1.165) is 32.5 Å². The lowest BCUT2D eigenvalue weighted by Gasteiger charge is -2.31. The summed E-state index contributed by atoms with van der Waals surface area (Å²) < 4.78 is 14.1. The number of hydrogen-bond acceptors (Lipinski definition) is 2. The molecular formula is C15H20BrFN2O. The van der Waals surface area contributed by atoms with Crippen LogP contribution in [0.3, 0.4) is 0 Å². The minimum atomic E-state index is -0.495. The number of piperidine rings is 1. The van der Waals surface area contributed by atoms with Crippen LogP contribution in [0, 0.1) is 11.7 Å². The number of rotatable bonds is 4. The molecule has 0 unspecified atom stereocenters. The van der Waals surface area contributed by atoms with Crippen molar-refractivity contribution in [3.63, 3.8) is 0 Å². The van der Waals surface area contributed by atoms with Crippen LogP contribution in [0.25, 0.3) is 0 Å². The Labute approximate surface area is 127 Å². The second-order valence-electron chi connectivity index (χ2n) is 5.19. The van der Waals surface area contributed by atoms with Gasteiger partial charge < -0.3 is 10.2 Å². The van der Waals surface area contributed by atoms with Crippen LogP contribution in [-0.4, -0.2) is 37.0 Å². The molecule has 1 amide bonds. The topological polar surface area (TPSA) is 32.3 Å². The first-order valence-corrected chi connectivity index (χ1v) is 7.85. The molecule has 1 aromatic rings. The lowest BCUT2D eigenvalue weighted by Crippen LogP contribution is -2.38. The number of hydrogen-bond donors (Lipinski definition) is 1. The molecule has 0 atom stereocenters. The Morgan fingerprint density at radius 3 is 2.80 bits per heavy atom. The van der Waals surface area contributed by atoms with Crippen LogP contribution < -0.4 is 5.32 Å². The van der Waals surface area contributed by atoms with Crippen molar-refractivity contribution in [3.8, 4) is 0 Å². The van der Waals surface area contributed by atoms with Crippen LogP contribution in [-0.2, 0) is 0 Å². The lowest BCUT2D eigenvalue weighted by atomic mass is 9.96. The van der Waals surface area contributed by atoms with E-state index in [1.54, 1.807) is 12.1 Å². The van der Waals surface area contributed by atoms with Crippen molar-refractivity contribution in [2.75, 3.05) is 26.2 Å². The fraction of sp³-hybridized carbons (Fsp3) is 0.533. The van der Waals surface area contributed by atoms with Crippen LogP contribution in [0.15, 0.2) is 22.7 Å². The summed E-state index contributed by atoms with van der Waals surface area (Å²) in [5.74, 6) is -0.329. The Balaban J connectivity index is 1.85. The fourth-order valence-electron chi connectivity index (χ4n) is 2.52. The predicted molar refractivity (Wildman–Crippen MR) is 81.3 cm³/mol. The highest BCUT2D eigenvalue weighted by Crippen LogP contribution is 2.19. The molecule has 5 heteroatoms. The minimum absolute atomic E-state index is 0.102. The number of carbonyl (C=O) groups excluding carboxylic acids is 1. The van der Waals surface area contributed by atoms with Gasteiger partial charge in [0.1, 0.15) is 5.82 Å². The molecule has 0 bridgehead atoms. The number of carbonyl (C=O) groups is 1. The number of halogens is 2. The van der Waals surface area contributed by atoms with Crippen molar-refractivity contribution in [3.05, 3.63) is 34.1 Å². The van der Waals surface area contributed by atoms with Crippen molar-refractivity contribution in [2.45, 2.75) is 19.8 Å². The van der Waals surface area contributed by atoms with Gasteiger partial charge in [-0.1, -0.05) is 13.0 Å². The van der Waals surface area contributed by atoms with Gasteiger partial charge in [0.2, 0.25) is 0 Å². The summed E-state index contributed by atoms with van der Waals surface area (Å²) in [6, 6.07) is 4.77. The monoisotopic (exact) mass is 342 g/mol. The first kappa shape index (κ1) is 15.4. The van der Waals surface area contributed by atoms with Crippen LogP contribution in [0.1, 0.15) is 30.1 Å². The van der Waals surface area contributed by atoms with E-state index in [2.05, 4.69) is 33.1 Å². The minimum Gasteiger partial charge on any atom is -0.352 e. The number of nitrogens with one attached hydrogen (secondary N) is 1. The van der Waals surface area contributed by atoms with E-state index in [1.807, 2.05) is 0 Å². The van der Waals surface area contributed by atoms with Gasteiger partial charge in [-0.3, -0.25) is 4.79 Å². The molecular weight excluding hydrogens is 323 g/mol. The fourth-order valence-corrected chi connectivity index (χ4v) is 2.88. The molecule has 1 aliphatic heterocycles. The van der Waals surface area contributed by atoms with Gasteiger partial charge in [0, 0.05) is 6.54 Å². The third-order valence-corrected chi connectivity index (χ3v) is 4.51. The molecule has 1 aliphatic rings. The first-order chi connectivity index (χ1) is 9.61. The zero-order chi connectivity index (χ0) is 14.5. The molecule has 1 saturated heterocycles. The maximum Gasteiger partial charge on any atom is 0.254 e. The standard InChI is InChI=1S/C15H20BrFN2O/c1-2-19-8-6-11(7-9-19)10-18-15(20)12-4-3-5-13(16)14(12)17/h3-5,11H,2,6-10H2,1H3,(H,18,20). The highest BCUT2D eigenvalue weighted by Gasteiger charge is 2.20. The van der Waals surface area contributed by atoms with Gasteiger partial charge in [0.15, 0.2) is 0 Å². The number of nitrogens with zero attached hydrogens (tertiary/aromatic N) is 1. The lowest BCUT2D eigenvalue weighted by molar-refractivity contribution is 0.0932. The Morgan fingerprint density at radius 2 is 2.15 bits per heavy atom. The summed E-state index contributed by atoms with van der Waals surface area (Å²) in [5, 5.41) is 2.85. The van der Waals surface area contributed by atoms with Crippen molar-refractivity contribution in [1.29, 1.82) is 0 Å². The van der Waals surface area contributed by atoms with Gasteiger partial charge in [-0.25, -0.2) is 4.39 Å². The van der Waals surface area contributed by atoms with Crippen molar-refractivity contribution < 1.29 is 9.18 Å². The van der Waals surface area contributed by atoms with E-state index in [4.69, 9.17) is 0 Å². The highest BCUT2D eigenvalue weighted by molar-refractivity contribution is 9.10. The molecule has 0 aromatic heterocycles. The van der Waals surface area contributed by atoms with Crippen molar-refractivity contribution in [2.24, 2.45) is 5.92 Å². The van der Waals surface area contributed by atoms with Gasteiger partial charge in [-0.15, -0.1) is 0 Å². The smallest absolute Gasteiger partial charge is 0.254 e. The van der Waals surface area contributed by atoms with Crippen molar-refractivity contribution >= 4 is 21.8 Å². The summed E-state index contributed by atoms with van der Waals surface area (Å²) in [4.78, 5) is 14.4. The molecule has 2 rings (SSSR count). The Hall–Kier alpha value is -0.940. The molecule has 3 nitrogen and oxygen atoms in total. The van der Waals surface area contributed by atoms with Gasteiger partial charge in [-0.2, -0.15) is 0 Å². The van der Waals surface area contributed by atoms with Gasteiger partial charge >= 0.3 is 0 Å². The van der Waals surface area contributed by atoms with Gasteiger partial charge in [0.05, 0.1) is 10.0 Å². The number of amides is 1. The van der Waals surface area contributed by atoms with Gasteiger partial charge in [-0.05, 0) is 66.5 Å². The Kier molecular flexibility index (Phi) is 5.54. The Bertz CT molecular complexity index is 473. The quantitative estimate of drug-likeness (QED) is 0.911. The zero-order valence-corrected chi connectivity index (χ0v) is 13.2. The van der Waals surface area contributed by atoms with E-state index < -0.39 is 5.82 Å². The van der Waals surface area contributed by atoms with Crippen LogP contribution in [0.2, 0.25) is 0 Å². The molecule has 1 heterocycles. The third kappa shape index (κ3) is 3.79. The van der Waals surface area contributed by atoms with Crippen molar-refractivity contribution in [1.82, 2.24) is 10.2 Å². The van der Waals surface area contributed by atoms with E-state index in [0.29, 0.717) is 16.9 Å². The molecule has 0 saturated carbocycles.